The third-order valence-corrected chi connectivity index (χ3v) is 5.45. The van der Waals surface area contributed by atoms with E-state index >= 15 is 0 Å². The van der Waals surface area contributed by atoms with Crippen molar-refractivity contribution >= 4 is 11.8 Å². The van der Waals surface area contributed by atoms with Gasteiger partial charge in [0.25, 0.3) is 0 Å². The Kier molecular flexibility index (Phi) is 5.30. The van der Waals surface area contributed by atoms with Crippen LogP contribution in [-0.4, -0.2) is 17.5 Å². The number of benzene rings is 1. The van der Waals surface area contributed by atoms with Gasteiger partial charge in [0.15, 0.2) is 0 Å². The van der Waals surface area contributed by atoms with Gasteiger partial charge < -0.3 is 5.32 Å². The smallest absolute Gasteiger partial charge is 0.0991 e. The normalized spacial score (nSPS) is 17.9. The standard InChI is InChI=1S/C16H22N2S/c1-19-16(8-3-2-4-9-16)13-18-12-15-7-5-6-14(10-15)11-17/h5-7,10,18H,2-4,8-9,12-13H2,1H3. The summed E-state index contributed by atoms with van der Waals surface area (Å²) >= 11 is 2.02. The molecule has 3 heteroatoms. The van der Waals surface area contributed by atoms with Gasteiger partial charge in [0, 0.05) is 17.8 Å². The van der Waals surface area contributed by atoms with E-state index in [9.17, 15) is 0 Å². The summed E-state index contributed by atoms with van der Waals surface area (Å²) in [5.41, 5.74) is 1.95. The fourth-order valence-corrected chi connectivity index (χ4v) is 3.78. The van der Waals surface area contributed by atoms with E-state index in [2.05, 4.69) is 23.7 Å². The Morgan fingerprint density at radius 1 is 1.32 bits per heavy atom. The molecule has 0 saturated heterocycles. The van der Waals surface area contributed by atoms with E-state index in [0.717, 1.165) is 18.7 Å². The molecule has 0 heterocycles. The van der Waals surface area contributed by atoms with Crippen LogP contribution in [0.3, 0.4) is 0 Å². The summed E-state index contributed by atoms with van der Waals surface area (Å²) in [7, 11) is 0. The van der Waals surface area contributed by atoms with Gasteiger partial charge in [-0.1, -0.05) is 31.4 Å². The number of thioether (sulfide) groups is 1. The lowest BCUT2D eigenvalue weighted by Gasteiger charge is -2.36. The molecule has 0 atom stereocenters. The van der Waals surface area contributed by atoms with Gasteiger partial charge in [0.05, 0.1) is 11.6 Å². The van der Waals surface area contributed by atoms with E-state index in [1.807, 2.05) is 30.0 Å². The predicted octanol–water partition coefficient (Wildman–Crippen LogP) is 3.71. The van der Waals surface area contributed by atoms with Crippen molar-refractivity contribution in [2.24, 2.45) is 0 Å². The molecule has 0 aliphatic heterocycles. The van der Waals surface area contributed by atoms with Crippen LogP contribution in [0.25, 0.3) is 0 Å². The third-order valence-electron chi connectivity index (χ3n) is 4.03. The molecule has 1 N–H and O–H groups in total. The largest absolute Gasteiger partial charge is 0.311 e. The number of nitrogens with one attached hydrogen (secondary N) is 1. The van der Waals surface area contributed by atoms with Gasteiger partial charge in [-0.15, -0.1) is 0 Å². The minimum Gasteiger partial charge on any atom is -0.311 e. The van der Waals surface area contributed by atoms with Gasteiger partial charge in [0.1, 0.15) is 0 Å². The maximum Gasteiger partial charge on any atom is 0.0991 e. The van der Waals surface area contributed by atoms with E-state index in [4.69, 9.17) is 5.26 Å². The molecule has 1 aromatic carbocycles. The second kappa shape index (κ2) is 6.98. The quantitative estimate of drug-likeness (QED) is 0.889. The molecule has 0 unspecified atom stereocenters. The van der Waals surface area contributed by atoms with Gasteiger partial charge in [0.2, 0.25) is 0 Å². The lowest BCUT2D eigenvalue weighted by Crippen LogP contribution is -2.39. The fourth-order valence-electron chi connectivity index (χ4n) is 2.83. The lowest BCUT2D eigenvalue weighted by molar-refractivity contribution is 0.379. The zero-order chi connectivity index (χ0) is 13.6. The number of nitriles is 1. The van der Waals surface area contributed by atoms with Crippen LogP contribution in [0, 0.1) is 11.3 Å². The van der Waals surface area contributed by atoms with Crippen molar-refractivity contribution in [3.63, 3.8) is 0 Å². The highest BCUT2D eigenvalue weighted by molar-refractivity contribution is 8.00. The summed E-state index contributed by atoms with van der Waals surface area (Å²) in [5, 5.41) is 12.5. The molecule has 0 bridgehead atoms. The van der Waals surface area contributed by atoms with Gasteiger partial charge >= 0.3 is 0 Å². The van der Waals surface area contributed by atoms with Gasteiger partial charge in [-0.05, 0) is 36.8 Å². The molecule has 1 aliphatic carbocycles. The molecular formula is C16H22N2S. The minimum absolute atomic E-state index is 0.436. The molecule has 102 valence electrons. The Balaban J connectivity index is 1.86. The van der Waals surface area contributed by atoms with Crippen LogP contribution in [0.4, 0.5) is 0 Å². The maximum atomic E-state index is 8.90. The predicted molar refractivity (Wildman–Crippen MR) is 82.2 cm³/mol. The van der Waals surface area contributed by atoms with E-state index in [0.29, 0.717) is 4.75 Å². The summed E-state index contributed by atoms with van der Waals surface area (Å²) in [6, 6.07) is 10.1. The summed E-state index contributed by atoms with van der Waals surface area (Å²) in [4.78, 5) is 0. The average Bonchev–Trinajstić information content (AvgIpc) is 2.48. The monoisotopic (exact) mass is 274 g/mol. The van der Waals surface area contributed by atoms with Crippen LogP contribution in [0.2, 0.25) is 0 Å². The summed E-state index contributed by atoms with van der Waals surface area (Å²) in [6.07, 6.45) is 9.04. The van der Waals surface area contributed by atoms with Crippen LogP contribution in [0.1, 0.15) is 43.2 Å². The number of nitrogens with zero attached hydrogens (tertiary/aromatic N) is 1. The highest BCUT2D eigenvalue weighted by atomic mass is 32.2. The zero-order valence-electron chi connectivity index (χ0n) is 11.6. The zero-order valence-corrected chi connectivity index (χ0v) is 12.4. The topological polar surface area (TPSA) is 35.8 Å². The van der Waals surface area contributed by atoms with Crippen LogP contribution >= 0.6 is 11.8 Å². The molecular weight excluding hydrogens is 252 g/mol. The Labute approximate surface area is 120 Å². The molecule has 1 fully saturated rings. The number of rotatable bonds is 5. The lowest BCUT2D eigenvalue weighted by atomic mass is 9.88. The second-order valence-electron chi connectivity index (χ2n) is 5.36. The Morgan fingerprint density at radius 2 is 2.11 bits per heavy atom. The molecule has 0 spiro atoms. The van der Waals surface area contributed by atoms with E-state index in [1.54, 1.807) is 0 Å². The minimum atomic E-state index is 0.436. The van der Waals surface area contributed by atoms with Crippen molar-refractivity contribution in [3.8, 4) is 6.07 Å². The Hall–Kier alpha value is -0.980. The van der Waals surface area contributed by atoms with Crippen LogP contribution in [-0.2, 0) is 6.54 Å². The highest BCUT2D eigenvalue weighted by Gasteiger charge is 2.30. The second-order valence-corrected chi connectivity index (χ2v) is 6.64. The van der Waals surface area contributed by atoms with E-state index in [-0.39, 0.29) is 0 Å². The van der Waals surface area contributed by atoms with E-state index in [1.165, 1.54) is 37.7 Å². The first kappa shape index (κ1) is 14.4. The van der Waals surface area contributed by atoms with Crippen LogP contribution in [0.5, 0.6) is 0 Å². The molecule has 1 saturated carbocycles. The first-order valence-corrected chi connectivity index (χ1v) is 8.25. The van der Waals surface area contributed by atoms with Crippen molar-refractivity contribution < 1.29 is 0 Å². The fraction of sp³-hybridized carbons (Fsp3) is 0.562. The first-order valence-electron chi connectivity index (χ1n) is 7.03. The van der Waals surface area contributed by atoms with Crippen molar-refractivity contribution in [1.29, 1.82) is 5.26 Å². The van der Waals surface area contributed by atoms with Crippen molar-refractivity contribution in [3.05, 3.63) is 35.4 Å². The molecule has 2 nitrogen and oxygen atoms in total. The summed E-state index contributed by atoms with van der Waals surface area (Å²) in [6.45, 7) is 1.93. The highest BCUT2D eigenvalue weighted by Crippen LogP contribution is 2.37. The molecule has 0 radical (unpaired) electrons. The molecule has 2 rings (SSSR count). The van der Waals surface area contributed by atoms with Gasteiger partial charge in [-0.25, -0.2) is 0 Å². The van der Waals surface area contributed by atoms with Gasteiger partial charge in [-0.2, -0.15) is 17.0 Å². The molecule has 0 amide bonds. The average molecular weight is 274 g/mol. The summed E-state index contributed by atoms with van der Waals surface area (Å²) in [5.74, 6) is 0. The molecule has 0 aromatic heterocycles. The molecule has 1 aromatic rings. The van der Waals surface area contributed by atoms with Crippen LogP contribution in [0.15, 0.2) is 24.3 Å². The maximum absolute atomic E-state index is 8.90. The van der Waals surface area contributed by atoms with Crippen molar-refractivity contribution in [1.82, 2.24) is 5.32 Å². The Bertz CT molecular complexity index is 444. The van der Waals surface area contributed by atoms with Crippen molar-refractivity contribution in [2.75, 3.05) is 12.8 Å². The third kappa shape index (κ3) is 3.99. The van der Waals surface area contributed by atoms with Crippen molar-refractivity contribution in [2.45, 2.75) is 43.4 Å². The van der Waals surface area contributed by atoms with E-state index < -0.39 is 0 Å². The summed E-state index contributed by atoms with van der Waals surface area (Å²) < 4.78 is 0.436. The molecule has 19 heavy (non-hydrogen) atoms. The number of hydrogen-bond donors (Lipinski definition) is 1. The Morgan fingerprint density at radius 3 is 2.79 bits per heavy atom. The molecule has 1 aliphatic rings. The first-order chi connectivity index (χ1) is 9.28. The van der Waals surface area contributed by atoms with Gasteiger partial charge in [-0.3, -0.25) is 0 Å². The number of hydrogen-bond acceptors (Lipinski definition) is 3. The SMILES string of the molecule is CSC1(CNCc2cccc(C#N)c2)CCCCC1. The van der Waals surface area contributed by atoms with Crippen LogP contribution < -0.4 is 5.32 Å².